The van der Waals surface area contributed by atoms with E-state index in [0.717, 1.165) is 23.2 Å². The lowest BCUT2D eigenvalue weighted by molar-refractivity contribution is 0.597. The molecule has 0 aliphatic carbocycles. The van der Waals surface area contributed by atoms with E-state index in [1.807, 2.05) is 30.3 Å². The van der Waals surface area contributed by atoms with Crippen LogP contribution in [0, 0.1) is 0 Å². The normalized spacial score (nSPS) is 12.1. The van der Waals surface area contributed by atoms with Gasteiger partial charge in [0.25, 0.3) is 0 Å². The number of hydrogen-bond donors (Lipinski definition) is 1. The average molecular weight is 408 g/mol. The molecule has 3 aromatic rings. The van der Waals surface area contributed by atoms with Crippen molar-refractivity contribution in [2.75, 3.05) is 18.6 Å². The van der Waals surface area contributed by atoms with Gasteiger partial charge in [-0.05, 0) is 41.5 Å². The Labute approximate surface area is 157 Å². The molecule has 26 heavy (non-hydrogen) atoms. The zero-order valence-electron chi connectivity index (χ0n) is 14.1. The molecule has 136 valence electrons. The van der Waals surface area contributed by atoms with Crippen LogP contribution in [0.4, 0.5) is 5.00 Å². The molecule has 0 radical (unpaired) electrons. The fourth-order valence-corrected chi connectivity index (χ4v) is 5.84. The summed E-state index contributed by atoms with van der Waals surface area (Å²) < 4.78 is 50.3. The maximum absolute atomic E-state index is 13.0. The minimum absolute atomic E-state index is 0.0252. The van der Waals surface area contributed by atoms with Gasteiger partial charge in [-0.3, -0.25) is 0 Å². The summed E-state index contributed by atoms with van der Waals surface area (Å²) in [6, 6.07) is 16.5. The van der Waals surface area contributed by atoms with Crippen LogP contribution in [-0.4, -0.2) is 30.1 Å². The fraction of sp³-hybridized carbons (Fsp3) is 0.111. The van der Waals surface area contributed by atoms with Crippen molar-refractivity contribution in [2.45, 2.75) is 14.0 Å². The van der Waals surface area contributed by atoms with Crippen molar-refractivity contribution >= 4 is 36.0 Å². The Morgan fingerprint density at radius 2 is 1.46 bits per heavy atom. The molecule has 0 aliphatic heterocycles. The first-order valence-electron chi connectivity index (χ1n) is 7.65. The predicted molar refractivity (Wildman–Crippen MR) is 104 cm³/mol. The topological polar surface area (TPSA) is 80.3 Å². The predicted octanol–water partition coefficient (Wildman–Crippen LogP) is 3.69. The average Bonchev–Trinajstić information content (AvgIpc) is 3.11. The van der Waals surface area contributed by atoms with E-state index in [9.17, 15) is 16.8 Å². The third-order valence-electron chi connectivity index (χ3n) is 3.82. The Morgan fingerprint density at radius 3 is 2.04 bits per heavy atom. The number of thiophene rings is 1. The van der Waals surface area contributed by atoms with Crippen LogP contribution in [0.1, 0.15) is 0 Å². The van der Waals surface area contributed by atoms with Gasteiger partial charge in [0.15, 0.2) is 9.84 Å². The molecule has 0 amide bonds. The van der Waals surface area contributed by atoms with Crippen molar-refractivity contribution < 1.29 is 16.8 Å². The van der Waals surface area contributed by atoms with E-state index in [4.69, 9.17) is 0 Å². The minimum Gasteiger partial charge on any atom is -0.380 e. The van der Waals surface area contributed by atoms with Gasteiger partial charge < -0.3 is 5.32 Å². The summed E-state index contributed by atoms with van der Waals surface area (Å²) >= 11 is 1.10. The molecule has 8 heteroatoms. The van der Waals surface area contributed by atoms with Gasteiger partial charge in [-0.2, -0.15) is 0 Å². The van der Waals surface area contributed by atoms with Crippen LogP contribution in [0.2, 0.25) is 0 Å². The minimum atomic E-state index is -3.83. The Hall–Kier alpha value is -2.16. The third kappa shape index (κ3) is 3.67. The summed E-state index contributed by atoms with van der Waals surface area (Å²) in [5, 5.41) is 3.62. The maximum Gasteiger partial charge on any atom is 0.216 e. The van der Waals surface area contributed by atoms with E-state index >= 15 is 0 Å². The van der Waals surface area contributed by atoms with Crippen LogP contribution in [0.3, 0.4) is 0 Å². The summed E-state index contributed by atoms with van der Waals surface area (Å²) in [4.78, 5) is -0.0633. The number of anilines is 1. The van der Waals surface area contributed by atoms with E-state index in [1.54, 1.807) is 13.1 Å². The van der Waals surface area contributed by atoms with Crippen LogP contribution < -0.4 is 5.32 Å². The number of rotatable bonds is 5. The quantitative estimate of drug-likeness (QED) is 0.698. The molecule has 0 fully saturated rings. The molecule has 0 atom stereocenters. The highest BCUT2D eigenvalue weighted by molar-refractivity contribution is 7.93. The van der Waals surface area contributed by atoms with E-state index in [-0.39, 0.29) is 14.0 Å². The first-order valence-corrected chi connectivity index (χ1v) is 11.8. The molecule has 0 unspecified atom stereocenters. The number of nitrogens with one attached hydrogen (secondary N) is 1. The lowest BCUT2D eigenvalue weighted by atomic mass is 10.1. The SMILES string of the molecule is CNc1ccc(S(=O)(=O)c2cc(-c3ccccc3)cc(S(C)(=O)=O)c2)s1. The van der Waals surface area contributed by atoms with E-state index < -0.39 is 19.7 Å². The van der Waals surface area contributed by atoms with E-state index in [1.165, 1.54) is 24.3 Å². The maximum atomic E-state index is 13.0. The van der Waals surface area contributed by atoms with Crippen LogP contribution in [0.5, 0.6) is 0 Å². The monoisotopic (exact) mass is 407 g/mol. The summed E-state index contributed by atoms with van der Waals surface area (Å²) in [5.41, 5.74) is 1.29. The lowest BCUT2D eigenvalue weighted by Gasteiger charge is -2.09. The standard InChI is InChI=1S/C18H17NO4S3/c1-19-17-8-9-18(24-17)26(22,23)16-11-14(13-6-4-3-5-7-13)10-15(12-16)25(2,20)21/h3-12,19H,1-2H3. The Bertz CT molecular complexity index is 1150. The first kappa shape index (κ1) is 18.6. The fourth-order valence-electron chi connectivity index (χ4n) is 2.45. The Balaban J connectivity index is 2.24. The second-order valence-electron chi connectivity index (χ2n) is 5.70. The Kier molecular flexibility index (Phi) is 4.92. The molecule has 1 heterocycles. The van der Waals surface area contributed by atoms with Crippen molar-refractivity contribution in [1.29, 1.82) is 0 Å². The van der Waals surface area contributed by atoms with Crippen LogP contribution in [0.15, 0.2) is 74.7 Å². The molecule has 1 aromatic heterocycles. The summed E-state index contributed by atoms with van der Waals surface area (Å²) in [7, 11) is -5.69. The molecule has 0 saturated carbocycles. The van der Waals surface area contributed by atoms with Crippen molar-refractivity contribution in [3.8, 4) is 11.1 Å². The molecule has 3 rings (SSSR count). The van der Waals surface area contributed by atoms with Gasteiger partial charge in [0.1, 0.15) is 4.21 Å². The highest BCUT2D eigenvalue weighted by Crippen LogP contribution is 2.34. The molecule has 0 spiro atoms. The van der Waals surface area contributed by atoms with Gasteiger partial charge in [-0.1, -0.05) is 30.3 Å². The van der Waals surface area contributed by atoms with E-state index in [0.29, 0.717) is 10.6 Å². The highest BCUT2D eigenvalue weighted by atomic mass is 32.2. The number of sulfone groups is 2. The van der Waals surface area contributed by atoms with Crippen molar-refractivity contribution in [1.82, 2.24) is 0 Å². The van der Waals surface area contributed by atoms with Gasteiger partial charge in [0.05, 0.1) is 14.8 Å². The third-order valence-corrected chi connectivity index (χ3v) is 8.24. The van der Waals surface area contributed by atoms with Gasteiger partial charge in [-0.15, -0.1) is 11.3 Å². The molecule has 0 bridgehead atoms. The van der Waals surface area contributed by atoms with Crippen molar-refractivity contribution in [3.63, 3.8) is 0 Å². The smallest absolute Gasteiger partial charge is 0.216 e. The summed E-state index contributed by atoms with van der Waals surface area (Å²) in [6.45, 7) is 0. The van der Waals surface area contributed by atoms with Crippen molar-refractivity contribution in [3.05, 3.63) is 60.7 Å². The second-order valence-corrected chi connectivity index (χ2v) is 11.0. The highest BCUT2D eigenvalue weighted by Gasteiger charge is 2.23. The summed E-state index contributed by atoms with van der Waals surface area (Å²) in [6.07, 6.45) is 1.07. The molecular formula is C18H17NO4S3. The molecule has 1 N–H and O–H groups in total. The molecule has 0 aliphatic rings. The molecule has 2 aromatic carbocycles. The zero-order chi connectivity index (χ0) is 18.9. The van der Waals surface area contributed by atoms with Gasteiger partial charge in [0, 0.05) is 13.3 Å². The second kappa shape index (κ2) is 6.86. The van der Waals surface area contributed by atoms with E-state index in [2.05, 4.69) is 5.32 Å². The van der Waals surface area contributed by atoms with Crippen LogP contribution in [0.25, 0.3) is 11.1 Å². The molecular weight excluding hydrogens is 390 g/mol. The Morgan fingerprint density at radius 1 is 0.808 bits per heavy atom. The largest absolute Gasteiger partial charge is 0.380 e. The first-order chi connectivity index (χ1) is 12.2. The van der Waals surface area contributed by atoms with Crippen LogP contribution in [-0.2, 0) is 19.7 Å². The van der Waals surface area contributed by atoms with Gasteiger partial charge in [-0.25, -0.2) is 16.8 Å². The lowest BCUT2D eigenvalue weighted by Crippen LogP contribution is -2.04. The number of hydrogen-bond acceptors (Lipinski definition) is 6. The van der Waals surface area contributed by atoms with Gasteiger partial charge in [0.2, 0.25) is 9.84 Å². The van der Waals surface area contributed by atoms with Crippen LogP contribution >= 0.6 is 11.3 Å². The van der Waals surface area contributed by atoms with Crippen molar-refractivity contribution in [2.24, 2.45) is 0 Å². The molecule has 5 nitrogen and oxygen atoms in total. The molecule has 0 saturated heterocycles. The summed E-state index contributed by atoms with van der Waals surface area (Å²) in [5.74, 6) is 0. The zero-order valence-corrected chi connectivity index (χ0v) is 16.6. The van der Waals surface area contributed by atoms with Gasteiger partial charge >= 0.3 is 0 Å². The number of benzene rings is 2.